The van der Waals surface area contributed by atoms with Gasteiger partial charge >= 0.3 is 0 Å². The van der Waals surface area contributed by atoms with Gasteiger partial charge in [0.15, 0.2) is 23.0 Å². The van der Waals surface area contributed by atoms with Crippen molar-refractivity contribution in [1.29, 1.82) is 0 Å². The molecule has 0 unspecified atom stereocenters. The number of rotatable bonds is 11. The van der Waals surface area contributed by atoms with Gasteiger partial charge in [0.25, 0.3) is 5.91 Å². The first-order chi connectivity index (χ1) is 16.5. The molecule has 0 spiro atoms. The Morgan fingerprint density at radius 2 is 1.59 bits per heavy atom. The maximum Gasteiger partial charge on any atom is 0.271 e. The van der Waals surface area contributed by atoms with E-state index in [4.69, 9.17) is 18.9 Å². The Morgan fingerprint density at radius 1 is 0.912 bits per heavy atom. The van der Waals surface area contributed by atoms with E-state index >= 15 is 0 Å². The summed E-state index contributed by atoms with van der Waals surface area (Å²) < 4.78 is 23.3. The van der Waals surface area contributed by atoms with Crippen LogP contribution >= 0.6 is 15.9 Å². The number of hydrogen-bond acceptors (Lipinski definition) is 6. The summed E-state index contributed by atoms with van der Waals surface area (Å²) in [6.07, 6.45) is 2.41. The van der Waals surface area contributed by atoms with E-state index in [-0.39, 0.29) is 5.91 Å². The van der Waals surface area contributed by atoms with Crippen LogP contribution in [0.25, 0.3) is 0 Å². The molecule has 3 aromatic carbocycles. The van der Waals surface area contributed by atoms with Gasteiger partial charge in [-0.05, 0) is 66.1 Å². The van der Waals surface area contributed by atoms with Crippen LogP contribution in [0.15, 0.2) is 70.2 Å². The van der Waals surface area contributed by atoms with Gasteiger partial charge in [0.2, 0.25) is 0 Å². The molecular formula is C26H27BrN2O5. The summed E-state index contributed by atoms with van der Waals surface area (Å²) in [6.45, 7) is 3.01. The largest absolute Gasteiger partial charge is 0.493 e. The lowest BCUT2D eigenvalue weighted by molar-refractivity contribution is 0.0954. The molecule has 34 heavy (non-hydrogen) atoms. The van der Waals surface area contributed by atoms with Crippen molar-refractivity contribution in [3.63, 3.8) is 0 Å². The third kappa shape index (κ3) is 6.99. The molecule has 0 fully saturated rings. The van der Waals surface area contributed by atoms with E-state index in [0.29, 0.717) is 41.8 Å². The second-order valence-electron chi connectivity index (χ2n) is 7.24. The fourth-order valence-corrected chi connectivity index (χ4v) is 3.26. The topological polar surface area (TPSA) is 78.4 Å². The highest BCUT2D eigenvalue weighted by Gasteiger charge is 2.11. The molecule has 1 N–H and O–H groups in total. The first kappa shape index (κ1) is 25.1. The normalized spacial score (nSPS) is 10.7. The second-order valence-corrected chi connectivity index (χ2v) is 8.15. The maximum absolute atomic E-state index is 12.5. The molecule has 1 amide bonds. The molecule has 3 aromatic rings. The Hall–Kier alpha value is -3.52. The molecule has 0 radical (unpaired) electrons. The Balaban J connectivity index is 1.61. The summed E-state index contributed by atoms with van der Waals surface area (Å²) >= 11 is 3.42. The molecule has 0 aliphatic heterocycles. The van der Waals surface area contributed by atoms with Crippen LogP contribution in [0.3, 0.4) is 0 Å². The minimum Gasteiger partial charge on any atom is -0.493 e. The number of hydrazone groups is 1. The number of nitrogens with one attached hydrogen (secondary N) is 1. The van der Waals surface area contributed by atoms with Crippen molar-refractivity contribution in [2.24, 2.45) is 5.10 Å². The first-order valence-corrected chi connectivity index (χ1v) is 11.5. The van der Waals surface area contributed by atoms with Crippen molar-refractivity contribution < 1.29 is 23.7 Å². The summed E-state index contributed by atoms with van der Waals surface area (Å²) in [4.78, 5) is 12.5. The zero-order valence-corrected chi connectivity index (χ0v) is 20.9. The van der Waals surface area contributed by atoms with Gasteiger partial charge in [-0.15, -0.1) is 0 Å². The van der Waals surface area contributed by atoms with Gasteiger partial charge in [0, 0.05) is 10.0 Å². The van der Waals surface area contributed by atoms with Gasteiger partial charge in [0.1, 0.15) is 6.61 Å². The maximum atomic E-state index is 12.5. The van der Waals surface area contributed by atoms with E-state index in [1.165, 1.54) is 13.3 Å². The van der Waals surface area contributed by atoms with Crippen LogP contribution in [0.1, 0.15) is 34.8 Å². The lowest BCUT2D eigenvalue weighted by Gasteiger charge is -2.11. The van der Waals surface area contributed by atoms with Crippen molar-refractivity contribution in [1.82, 2.24) is 5.43 Å². The van der Waals surface area contributed by atoms with Crippen LogP contribution in [0.5, 0.6) is 23.0 Å². The number of benzene rings is 3. The molecule has 8 heteroatoms. The number of carbonyl (C=O) groups is 1. The molecule has 0 saturated heterocycles. The molecular weight excluding hydrogens is 500 g/mol. The molecule has 7 nitrogen and oxygen atoms in total. The van der Waals surface area contributed by atoms with E-state index in [9.17, 15) is 4.79 Å². The predicted molar refractivity (Wildman–Crippen MR) is 135 cm³/mol. The van der Waals surface area contributed by atoms with Gasteiger partial charge in [-0.3, -0.25) is 4.79 Å². The van der Waals surface area contributed by atoms with Crippen LogP contribution in [-0.4, -0.2) is 32.9 Å². The number of carbonyl (C=O) groups excluding carboxylic acids is 1. The Kier molecular flexibility index (Phi) is 9.34. The molecule has 0 heterocycles. The van der Waals surface area contributed by atoms with Gasteiger partial charge in [-0.2, -0.15) is 5.10 Å². The molecule has 0 aliphatic carbocycles. The van der Waals surface area contributed by atoms with Crippen LogP contribution in [-0.2, 0) is 6.61 Å². The highest BCUT2D eigenvalue weighted by Crippen LogP contribution is 2.29. The minimum atomic E-state index is -0.363. The van der Waals surface area contributed by atoms with E-state index in [2.05, 4.69) is 26.5 Å². The minimum absolute atomic E-state index is 0.363. The molecule has 0 aromatic heterocycles. The predicted octanol–water partition coefficient (Wildman–Crippen LogP) is 5.60. The third-order valence-corrected chi connectivity index (χ3v) is 5.29. The fourth-order valence-electron chi connectivity index (χ4n) is 3.00. The molecule has 0 atom stereocenters. The number of halogens is 1. The molecule has 0 aliphatic rings. The average Bonchev–Trinajstić information content (AvgIpc) is 2.87. The number of hydrogen-bond donors (Lipinski definition) is 1. The fraction of sp³-hybridized carbons (Fsp3) is 0.231. The Morgan fingerprint density at radius 3 is 2.29 bits per heavy atom. The zero-order chi connectivity index (χ0) is 24.3. The van der Waals surface area contributed by atoms with E-state index < -0.39 is 0 Å². The molecule has 0 saturated carbocycles. The second kappa shape index (κ2) is 12.6. The first-order valence-electron chi connectivity index (χ1n) is 10.7. The summed E-state index contributed by atoms with van der Waals surface area (Å²) in [6, 6.07) is 18.3. The van der Waals surface area contributed by atoms with Crippen molar-refractivity contribution >= 4 is 28.1 Å². The summed E-state index contributed by atoms with van der Waals surface area (Å²) in [7, 11) is 3.11. The lowest BCUT2D eigenvalue weighted by atomic mass is 10.2. The van der Waals surface area contributed by atoms with Gasteiger partial charge in [-0.1, -0.05) is 35.0 Å². The quantitative estimate of drug-likeness (QED) is 0.260. The van der Waals surface area contributed by atoms with Crippen molar-refractivity contribution in [2.45, 2.75) is 20.0 Å². The van der Waals surface area contributed by atoms with Crippen LogP contribution in [0, 0.1) is 0 Å². The van der Waals surface area contributed by atoms with Crippen LogP contribution in [0.2, 0.25) is 0 Å². The van der Waals surface area contributed by atoms with Gasteiger partial charge in [0.05, 0.1) is 27.0 Å². The molecule has 0 bridgehead atoms. The summed E-state index contributed by atoms with van der Waals surface area (Å²) in [5.41, 5.74) is 4.72. The van der Waals surface area contributed by atoms with Crippen LogP contribution in [0.4, 0.5) is 0 Å². The van der Waals surface area contributed by atoms with E-state index in [1.54, 1.807) is 37.4 Å². The average molecular weight is 527 g/mol. The van der Waals surface area contributed by atoms with Crippen molar-refractivity contribution in [3.8, 4) is 23.0 Å². The zero-order valence-electron chi connectivity index (χ0n) is 19.3. The SMILES string of the molecule is CCCOc1ccc(C(=O)N/N=C/c2ccc(OCc3ccc(Br)cc3)c(OC)c2)cc1OC. The standard InChI is InChI=1S/C26H27BrN2O5/c1-4-13-33-22-12-8-20(15-25(22)32-3)26(30)29-28-16-19-7-11-23(24(14-19)31-2)34-17-18-5-9-21(27)10-6-18/h5-12,14-16H,4,13,17H2,1-3H3,(H,29,30)/b28-16+. The van der Waals surface area contributed by atoms with Gasteiger partial charge in [-0.25, -0.2) is 5.43 Å². The Bertz CT molecular complexity index is 1130. The number of amides is 1. The third-order valence-electron chi connectivity index (χ3n) is 4.76. The molecule has 3 rings (SSSR count). The Labute approximate surface area is 207 Å². The highest BCUT2D eigenvalue weighted by atomic mass is 79.9. The number of ether oxygens (including phenoxy) is 4. The van der Waals surface area contributed by atoms with Gasteiger partial charge < -0.3 is 18.9 Å². The summed E-state index contributed by atoms with van der Waals surface area (Å²) in [5, 5.41) is 4.05. The monoisotopic (exact) mass is 526 g/mol. The van der Waals surface area contributed by atoms with Crippen molar-refractivity contribution in [2.75, 3.05) is 20.8 Å². The van der Waals surface area contributed by atoms with Crippen molar-refractivity contribution in [3.05, 3.63) is 81.8 Å². The van der Waals surface area contributed by atoms with Crippen LogP contribution < -0.4 is 24.4 Å². The highest BCUT2D eigenvalue weighted by molar-refractivity contribution is 9.10. The lowest BCUT2D eigenvalue weighted by Crippen LogP contribution is -2.17. The summed E-state index contributed by atoms with van der Waals surface area (Å²) in [5.74, 6) is 1.91. The number of methoxy groups -OCH3 is 2. The smallest absolute Gasteiger partial charge is 0.271 e. The molecule has 178 valence electrons. The number of nitrogens with zero attached hydrogens (tertiary/aromatic N) is 1. The van der Waals surface area contributed by atoms with E-state index in [1.807, 2.05) is 37.3 Å². The van der Waals surface area contributed by atoms with E-state index in [0.717, 1.165) is 22.0 Å².